The summed E-state index contributed by atoms with van der Waals surface area (Å²) in [5, 5.41) is -0.238. The topological polar surface area (TPSA) is 63.4 Å². The molecule has 9 heteroatoms. The van der Waals surface area contributed by atoms with Crippen molar-refractivity contribution < 1.29 is 21.6 Å². The van der Waals surface area contributed by atoms with Crippen LogP contribution < -0.4 is 5.73 Å². The molecule has 112 valence electrons. The summed E-state index contributed by atoms with van der Waals surface area (Å²) in [5.74, 6) is 0. The highest BCUT2D eigenvalue weighted by molar-refractivity contribution is 7.89. The Morgan fingerprint density at radius 3 is 2.50 bits per heavy atom. The molecule has 4 nitrogen and oxygen atoms in total. The van der Waals surface area contributed by atoms with Gasteiger partial charge in [0.25, 0.3) is 0 Å². The number of hydrogen-bond donors (Lipinski definition) is 1. The number of nitrogens with zero attached hydrogens (tertiary/aromatic N) is 1. The molecular weight excluding hydrogens is 317 g/mol. The molecule has 2 rings (SSSR count). The van der Waals surface area contributed by atoms with Gasteiger partial charge < -0.3 is 5.73 Å². The number of rotatable bonds is 2. The fraction of sp³-hybridized carbons (Fsp3) is 0.455. The van der Waals surface area contributed by atoms with Crippen molar-refractivity contribution in [3.05, 3.63) is 28.8 Å². The van der Waals surface area contributed by atoms with Crippen LogP contribution in [0.3, 0.4) is 0 Å². The minimum absolute atomic E-state index is 0.0783. The van der Waals surface area contributed by atoms with E-state index < -0.39 is 26.7 Å². The molecule has 0 aliphatic carbocycles. The van der Waals surface area contributed by atoms with Crippen LogP contribution >= 0.6 is 11.6 Å². The number of sulfonamides is 1. The molecule has 1 heterocycles. The maximum absolute atomic E-state index is 12.7. The first-order valence-corrected chi connectivity index (χ1v) is 7.56. The monoisotopic (exact) mass is 328 g/mol. The Balaban J connectivity index is 2.46. The van der Waals surface area contributed by atoms with Crippen molar-refractivity contribution in [2.75, 3.05) is 13.1 Å². The summed E-state index contributed by atoms with van der Waals surface area (Å²) in [6.45, 7) is 0.255. The molecule has 0 spiro atoms. The average Bonchev–Trinajstić information content (AvgIpc) is 2.75. The molecule has 0 radical (unpaired) electrons. The van der Waals surface area contributed by atoms with Crippen LogP contribution in [0.5, 0.6) is 0 Å². The Kier molecular flexibility index (Phi) is 4.03. The number of hydrogen-bond acceptors (Lipinski definition) is 3. The Labute approximate surface area is 119 Å². The molecule has 1 aromatic carbocycles. The molecule has 1 atom stereocenters. The van der Waals surface area contributed by atoms with Crippen LogP contribution in [0.15, 0.2) is 23.1 Å². The minimum Gasteiger partial charge on any atom is -0.326 e. The first-order valence-electron chi connectivity index (χ1n) is 5.75. The summed E-state index contributed by atoms with van der Waals surface area (Å²) >= 11 is 5.74. The van der Waals surface area contributed by atoms with Crippen molar-refractivity contribution in [3.8, 4) is 0 Å². The van der Waals surface area contributed by atoms with Crippen molar-refractivity contribution in [2.45, 2.75) is 23.5 Å². The maximum Gasteiger partial charge on any atom is 0.416 e. The van der Waals surface area contributed by atoms with Gasteiger partial charge in [0.15, 0.2) is 0 Å². The largest absolute Gasteiger partial charge is 0.416 e. The summed E-state index contributed by atoms with van der Waals surface area (Å²) in [5.41, 5.74) is 4.57. The van der Waals surface area contributed by atoms with Gasteiger partial charge in [-0.2, -0.15) is 17.5 Å². The van der Waals surface area contributed by atoms with E-state index in [1.54, 1.807) is 0 Å². The lowest BCUT2D eigenvalue weighted by atomic mass is 10.2. The summed E-state index contributed by atoms with van der Waals surface area (Å²) in [4.78, 5) is -0.539. The zero-order chi connectivity index (χ0) is 15.1. The second-order valence-corrected chi connectivity index (χ2v) is 6.87. The van der Waals surface area contributed by atoms with Crippen LogP contribution in [0.4, 0.5) is 13.2 Å². The Morgan fingerprint density at radius 2 is 2.00 bits per heavy atom. The molecule has 1 fully saturated rings. The van der Waals surface area contributed by atoms with Gasteiger partial charge in [0.1, 0.15) is 4.90 Å². The van der Waals surface area contributed by atoms with Crippen molar-refractivity contribution in [3.63, 3.8) is 0 Å². The molecule has 1 aliphatic heterocycles. The predicted molar refractivity (Wildman–Crippen MR) is 67.8 cm³/mol. The van der Waals surface area contributed by atoms with Crippen molar-refractivity contribution in [2.24, 2.45) is 5.73 Å². The van der Waals surface area contributed by atoms with E-state index in [1.165, 1.54) is 0 Å². The van der Waals surface area contributed by atoms with Gasteiger partial charge in [0.05, 0.1) is 10.6 Å². The van der Waals surface area contributed by atoms with Gasteiger partial charge in [-0.25, -0.2) is 8.42 Å². The van der Waals surface area contributed by atoms with Crippen molar-refractivity contribution >= 4 is 21.6 Å². The molecule has 20 heavy (non-hydrogen) atoms. The number of halogens is 4. The SMILES string of the molecule is NC1CCN(S(=O)(=O)c2cc(C(F)(F)F)ccc2Cl)C1. The molecule has 1 aliphatic rings. The highest BCUT2D eigenvalue weighted by Gasteiger charge is 2.36. The first-order chi connectivity index (χ1) is 9.12. The Morgan fingerprint density at radius 1 is 1.35 bits per heavy atom. The van der Waals surface area contributed by atoms with E-state index in [-0.39, 0.29) is 24.2 Å². The Hall–Kier alpha value is -0.830. The van der Waals surface area contributed by atoms with Gasteiger partial charge in [-0.3, -0.25) is 0 Å². The minimum atomic E-state index is -4.63. The second-order valence-electron chi connectivity index (χ2n) is 4.55. The predicted octanol–water partition coefficient (Wildman–Crippen LogP) is 2.08. The van der Waals surface area contributed by atoms with Crippen LogP contribution in [0, 0.1) is 0 Å². The lowest BCUT2D eigenvalue weighted by Crippen LogP contribution is -2.32. The fourth-order valence-electron chi connectivity index (χ4n) is 1.99. The van der Waals surface area contributed by atoms with Gasteiger partial charge in [-0.05, 0) is 24.6 Å². The molecule has 1 aromatic rings. The average molecular weight is 329 g/mol. The van der Waals surface area contributed by atoms with Gasteiger partial charge >= 0.3 is 6.18 Å². The molecular formula is C11H12ClF3N2O2S. The van der Waals surface area contributed by atoms with E-state index >= 15 is 0 Å². The first kappa shape index (κ1) is 15.6. The zero-order valence-corrected chi connectivity index (χ0v) is 11.8. The lowest BCUT2D eigenvalue weighted by molar-refractivity contribution is -0.137. The van der Waals surface area contributed by atoms with Crippen LogP contribution in [0.2, 0.25) is 5.02 Å². The third kappa shape index (κ3) is 2.93. The van der Waals surface area contributed by atoms with Gasteiger partial charge in [0, 0.05) is 19.1 Å². The third-order valence-corrected chi connectivity index (χ3v) is 5.41. The number of benzene rings is 1. The summed E-state index contributed by atoms with van der Waals surface area (Å²) in [7, 11) is -4.06. The standard InChI is InChI=1S/C11H12ClF3N2O2S/c12-9-2-1-7(11(13,14)15)5-10(9)20(18,19)17-4-3-8(16)6-17/h1-2,5,8H,3-4,6,16H2. The van der Waals surface area contributed by atoms with Crippen molar-refractivity contribution in [1.82, 2.24) is 4.31 Å². The van der Waals surface area contributed by atoms with E-state index in [4.69, 9.17) is 17.3 Å². The summed E-state index contributed by atoms with van der Waals surface area (Å²) in [6.07, 6.45) is -4.16. The number of alkyl halides is 3. The lowest BCUT2D eigenvalue weighted by Gasteiger charge is -2.18. The second kappa shape index (κ2) is 5.18. The van der Waals surface area contributed by atoms with E-state index in [0.29, 0.717) is 12.5 Å². The summed E-state index contributed by atoms with van der Waals surface area (Å²) < 4.78 is 63.6. The zero-order valence-electron chi connectivity index (χ0n) is 10.2. The van der Waals surface area contributed by atoms with Crippen LogP contribution in [-0.4, -0.2) is 31.9 Å². The quantitative estimate of drug-likeness (QED) is 0.904. The molecule has 0 saturated carbocycles. The molecule has 1 saturated heterocycles. The number of nitrogens with two attached hydrogens (primary N) is 1. The fourth-order valence-corrected chi connectivity index (χ4v) is 4.00. The highest BCUT2D eigenvalue weighted by atomic mass is 35.5. The van der Waals surface area contributed by atoms with Gasteiger partial charge in [-0.1, -0.05) is 11.6 Å². The molecule has 0 amide bonds. The summed E-state index contributed by atoms with van der Waals surface area (Å²) in [6, 6.07) is 1.93. The maximum atomic E-state index is 12.7. The van der Waals surface area contributed by atoms with Crippen LogP contribution in [-0.2, 0) is 16.2 Å². The normalized spacial score (nSPS) is 21.4. The van der Waals surface area contributed by atoms with E-state index in [2.05, 4.69) is 0 Å². The third-order valence-electron chi connectivity index (χ3n) is 3.06. The van der Waals surface area contributed by atoms with E-state index in [1.807, 2.05) is 0 Å². The van der Waals surface area contributed by atoms with Crippen LogP contribution in [0.25, 0.3) is 0 Å². The van der Waals surface area contributed by atoms with Crippen molar-refractivity contribution in [1.29, 1.82) is 0 Å². The van der Waals surface area contributed by atoms with Gasteiger partial charge in [0.2, 0.25) is 10.0 Å². The molecule has 1 unspecified atom stereocenters. The van der Waals surface area contributed by atoms with Gasteiger partial charge in [-0.15, -0.1) is 0 Å². The van der Waals surface area contributed by atoms with Crippen LogP contribution in [0.1, 0.15) is 12.0 Å². The molecule has 2 N–H and O–H groups in total. The Bertz CT molecular complexity index is 619. The van der Waals surface area contributed by atoms with E-state index in [0.717, 1.165) is 16.4 Å². The smallest absolute Gasteiger partial charge is 0.326 e. The van der Waals surface area contributed by atoms with E-state index in [9.17, 15) is 21.6 Å². The molecule has 0 aromatic heterocycles. The highest BCUT2D eigenvalue weighted by Crippen LogP contribution is 2.34. The molecule has 0 bridgehead atoms.